The van der Waals surface area contributed by atoms with Crippen molar-refractivity contribution in [2.45, 2.75) is 19.8 Å². The molecule has 0 aromatic heterocycles. The molecule has 2 amide bonds. The van der Waals surface area contributed by atoms with Gasteiger partial charge < -0.3 is 10.2 Å². The van der Waals surface area contributed by atoms with Crippen LogP contribution in [0, 0.1) is 5.82 Å². The van der Waals surface area contributed by atoms with Crippen LogP contribution in [0.25, 0.3) is 0 Å². The highest BCUT2D eigenvalue weighted by Gasteiger charge is 2.26. The Labute approximate surface area is 180 Å². The number of carbonyl (C=O) groups is 2. The van der Waals surface area contributed by atoms with E-state index in [-0.39, 0.29) is 30.6 Å². The zero-order valence-electron chi connectivity index (χ0n) is 17.1. The summed E-state index contributed by atoms with van der Waals surface area (Å²) in [6.45, 7) is 1.90. The minimum atomic E-state index is -0.352. The molecule has 0 unspecified atom stereocenters. The van der Waals surface area contributed by atoms with Crippen LogP contribution in [0.1, 0.15) is 24.5 Å². The van der Waals surface area contributed by atoms with E-state index in [4.69, 9.17) is 0 Å². The normalized spacial score (nSPS) is 13.3. The third-order valence-corrected chi connectivity index (χ3v) is 5.20. The summed E-state index contributed by atoms with van der Waals surface area (Å²) in [6.07, 6.45) is 0.802. The first-order chi connectivity index (χ1) is 15.0. The van der Waals surface area contributed by atoms with Gasteiger partial charge in [0.05, 0.1) is 23.5 Å². The molecule has 0 spiro atoms. The number of benzene rings is 3. The Hall–Kier alpha value is -3.80. The molecule has 3 aromatic carbocycles. The van der Waals surface area contributed by atoms with Crippen LogP contribution in [0.15, 0.2) is 77.8 Å². The Morgan fingerprint density at radius 1 is 1.03 bits per heavy atom. The number of aliphatic imine (C=N–C) groups is 1. The summed E-state index contributed by atoms with van der Waals surface area (Å²) in [5.74, 6) is -0.878. The first kappa shape index (κ1) is 20.5. The number of hydrogen-bond donors (Lipinski definition) is 1. The number of halogens is 1. The smallest absolute Gasteiger partial charge is 0.244 e. The van der Waals surface area contributed by atoms with Gasteiger partial charge in [-0.2, -0.15) is 0 Å². The van der Waals surface area contributed by atoms with Crippen molar-refractivity contribution in [2.75, 3.05) is 16.8 Å². The highest BCUT2D eigenvalue weighted by atomic mass is 19.1. The Kier molecular flexibility index (Phi) is 5.89. The highest BCUT2D eigenvalue weighted by Crippen LogP contribution is 2.33. The van der Waals surface area contributed by atoms with E-state index in [1.165, 1.54) is 17.0 Å². The fraction of sp³-hybridized carbons (Fsp3) is 0.160. The molecule has 1 heterocycles. The Balaban J connectivity index is 1.61. The molecule has 0 bridgehead atoms. The number of nitrogens with zero attached hydrogens (tertiary/aromatic N) is 2. The number of fused-ring (bicyclic) bond motifs is 1. The Morgan fingerprint density at radius 2 is 1.74 bits per heavy atom. The number of carbonyl (C=O) groups excluding carboxylic acids is 2. The Morgan fingerprint density at radius 3 is 2.52 bits per heavy atom. The molecular formula is C25H22FN3O2. The number of nitrogens with one attached hydrogen (secondary N) is 1. The van der Waals surface area contributed by atoms with E-state index in [0.29, 0.717) is 22.6 Å². The first-order valence-electron chi connectivity index (χ1n) is 10.2. The number of aryl methyl sites for hydroxylation is 1. The number of para-hydroxylation sites is 3. The summed E-state index contributed by atoms with van der Waals surface area (Å²) in [6, 6.07) is 20.7. The van der Waals surface area contributed by atoms with E-state index in [2.05, 4.69) is 10.3 Å². The van der Waals surface area contributed by atoms with Gasteiger partial charge in [-0.05, 0) is 47.9 Å². The molecule has 0 aliphatic carbocycles. The van der Waals surface area contributed by atoms with E-state index in [0.717, 1.165) is 17.7 Å². The fourth-order valence-electron chi connectivity index (χ4n) is 3.61. The predicted octanol–water partition coefficient (Wildman–Crippen LogP) is 4.88. The summed E-state index contributed by atoms with van der Waals surface area (Å²) in [5, 5.41) is 2.92. The summed E-state index contributed by atoms with van der Waals surface area (Å²) < 4.78 is 13.3. The maximum Gasteiger partial charge on any atom is 0.244 e. The van der Waals surface area contributed by atoms with Crippen molar-refractivity contribution in [1.29, 1.82) is 0 Å². The second-order valence-electron chi connectivity index (χ2n) is 7.27. The molecule has 4 rings (SSSR count). The number of amides is 2. The lowest BCUT2D eigenvalue weighted by atomic mass is 10.1. The van der Waals surface area contributed by atoms with Gasteiger partial charge in [0, 0.05) is 5.69 Å². The van der Waals surface area contributed by atoms with Crippen LogP contribution in [0.4, 0.5) is 21.5 Å². The monoisotopic (exact) mass is 415 g/mol. The third kappa shape index (κ3) is 4.53. The standard InChI is InChI=1S/C25H22FN3O2/c1-2-17-7-3-4-8-20(17)28-24(30)16-29-23-10-6-5-9-21(23)27-22(15-25(29)31)18-11-13-19(26)14-12-18/h3-14H,2,15-16H2,1H3,(H,28,30). The summed E-state index contributed by atoms with van der Waals surface area (Å²) in [5.41, 5.74) is 4.15. The van der Waals surface area contributed by atoms with Gasteiger partial charge in [-0.15, -0.1) is 0 Å². The van der Waals surface area contributed by atoms with Crippen molar-refractivity contribution in [1.82, 2.24) is 0 Å². The van der Waals surface area contributed by atoms with Crippen molar-refractivity contribution in [3.05, 3.63) is 89.7 Å². The molecule has 156 valence electrons. The van der Waals surface area contributed by atoms with Gasteiger partial charge in [-0.1, -0.05) is 49.4 Å². The van der Waals surface area contributed by atoms with Crippen LogP contribution < -0.4 is 10.2 Å². The van der Waals surface area contributed by atoms with E-state index in [9.17, 15) is 14.0 Å². The van der Waals surface area contributed by atoms with Gasteiger partial charge in [0.2, 0.25) is 11.8 Å². The van der Waals surface area contributed by atoms with Crippen LogP contribution in [0.2, 0.25) is 0 Å². The zero-order valence-corrected chi connectivity index (χ0v) is 17.1. The SMILES string of the molecule is CCc1ccccc1NC(=O)CN1C(=O)CC(c2ccc(F)cc2)=Nc2ccccc21. The molecule has 1 aliphatic rings. The average Bonchev–Trinajstić information content (AvgIpc) is 2.91. The molecule has 3 aromatic rings. The molecule has 31 heavy (non-hydrogen) atoms. The van der Waals surface area contributed by atoms with Gasteiger partial charge in [0.25, 0.3) is 0 Å². The van der Waals surface area contributed by atoms with Crippen molar-refractivity contribution < 1.29 is 14.0 Å². The minimum absolute atomic E-state index is 0.0130. The minimum Gasteiger partial charge on any atom is -0.324 e. The van der Waals surface area contributed by atoms with E-state index in [1.54, 1.807) is 24.3 Å². The van der Waals surface area contributed by atoms with E-state index in [1.807, 2.05) is 43.3 Å². The molecule has 6 heteroatoms. The van der Waals surface area contributed by atoms with Crippen LogP contribution in [-0.4, -0.2) is 24.1 Å². The van der Waals surface area contributed by atoms with Crippen LogP contribution in [-0.2, 0) is 16.0 Å². The Bertz CT molecular complexity index is 1160. The lowest BCUT2D eigenvalue weighted by Crippen LogP contribution is -2.38. The molecule has 0 fully saturated rings. The van der Waals surface area contributed by atoms with Crippen LogP contribution in [0.3, 0.4) is 0 Å². The zero-order chi connectivity index (χ0) is 21.8. The summed E-state index contributed by atoms with van der Waals surface area (Å²) in [7, 11) is 0. The van der Waals surface area contributed by atoms with E-state index < -0.39 is 0 Å². The van der Waals surface area contributed by atoms with Crippen molar-refractivity contribution in [3.63, 3.8) is 0 Å². The molecule has 1 aliphatic heterocycles. The molecule has 0 saturated heterocycles. The van der Waals surface area contributed by atoms with Gasteiger partial charge in [-0.25, -0.2) is 4.39 Å². The highest BCUT2D eigenvalue weighted by molar-refractivity contribution is 6.19. The van der Waals surface area contributed by atoms with Crippen molar-refractivity contribution >= 4 is 34.6 Å². The van der Waals surface area contributed by atoms with Crippen LogP contribution >= 0.6 is 0 Å². The van der Waals surface area contributed by atoms with Crippen LogP contribution in [0.5, 0.6) is 0 Å². The molecule has 5 nitrogen and oxygen atoms in total. The van der Waals surface area contributed by atoms with Gasteiger partial charge >= 0.3 is 0 Å². The van der Waals surface area contributed by atoms with Gasteiger partial charge in [0.15, 0.2) is 0 Å². The summed E-state index contributed by atoms with van der Waals surface area (Å²) in [4.78, 5) is 32.1. The van der Waals surface area contributed by atoms with Gasteiger partial charge in [0.1, 0.15) is 12.4 Å². The fourth-order valence-corrected chi connectivity index (χ4v) is 3.61. The molecular weight excluding hydrogens is 393 g/mol. The predicted molar refractivity (Wildman–Crippen MR) is 120 cm³/mol. The van der Waals surface area contributed by atoms with E-state index >= 15 is 0 Å². The molecule has 0 saturated carbocycles. The lowest BCUT2D eigenvalue weighted by Gasteiger charge is -2.22. The quantitative estimate of drug-likeness (QED) is 0.645. The maximum absolute atomic E-state index is 13.3. The third-order valence-electron chi connectivity index (χ3n) is 5.20. The molecule has 0 atom stereocenters. The topological polar surface area (TPSA) is 61.8 Å². The lowest BCUT2D eigenvalue weighted by molar-refractivity contribution is -0.120. The number of rotatable bonds is 5. The number of anilines is 2. The second-order valence-corrected chi connectivity index (χ2v) is 7.27. The summed E-state index contributed by atoms with van der Waals surface area (Å²) >= 11 is 0. The van der Waals surface area contributed by atoms with Crippen molar-refractivity contribution in [2.24, 2.45) is 4.99 Å². The first-order valence-corrected chi connectivity index (χ1v) is 10.2. The second kappa shape index (κ2) is 8.92. The average molecular weight is 415 g/mol. The largest absolute Gasteiger partial charge is 0.324 e. The van der Waals surface area contributed by atoms with Crippen molar-refractivity contribution in [3.8, 4) is 0 Å². The maximum atomic E-state index is 13.3. The number of hydrogen-bond acceptors (Lipinski definition) is 3. The molecule has 0 radical (unpaired) electrons. The molecule has 1 N–H and O–H groups in total. The van der Waals surface area contributed by atoms with Gasteiger partial charge in [-0.3, -0.25) is 14.6 Å².